The van der Waals surface area contributed by atoms with Gasteiger partial charge in [-0.1, -0.05) is 24.3 Å². The summed E-state index contributed by atoms with van der Waals surface area (Å²) in [5.74, 6) is -1.90. The molecular formula is C22H24N2O5. The zero-order valence-corrected chi connectivity index (χ0v) is 16.5. The number of aromatic carboxylic acids is 2. The average Bonchev–Trinajstić information content (AvgIpc) is 2.72. The fourth-order valence-electron chi connectivity index (χ4n) is 2.55. The van der Waals surface area contributed by atoms with Crippen molar-refractivity contribution in [2.45, 2.75) is 13.8 Å². The number of benzene rings is 2. The predicted octanol–water partition coefficient (Wildman–Crippen LogP) is 3.42. The Morgan fingerprint density at radius 1 is 0.690 bits per heavy atom. The van der Waals surface area contributed by atoms with Crippen molar-refractivity contribution in [3.63, 3.8) is 0 Å². The Bertz CT molecular complexity index is 824. The maximum atomic E-state index is 10.9. The molecule has 0 spiro atoms. The lowest BCUT2D eigenvalue weighted by molar-refractivity contribution is 0.0686. The lowest BCUT2D eigenvalue weighted by Gasteiger charge is -2.04. The van der Waals surface area contributed by atoms with E-state index in [-0.39, 0.29) is 11.1 Å². The van der Waals surface area contributed by atoms with Gasteiger partial charge in [-0.3, -0.25) is 9.98 Å². The first-order valence-electron chi connectivity index (χ1n) is 9.16. The first-order valence-corrected chi connectivity index (χ1v) is 9.16. The van der Waals surface area contributed by atoms with Crippen LogP contribution in [0, 0.1) is 0 Å². The van der Waals surface area contributed by atoms with E-state index in [1.807, 2.05) is 13.8 Å². The first-order chi connectivity index (χ1) is 13.9. The van der Waals surface area contributed by atoms with Crippen molar-refractivity contribution in [3.05, 3.63) is 70.8 Å². The zero-order valence-electron chi connectivity index (χ0n) is 16.5. The Balaban J connectivity index is 1.72. The molecular weight excluding hydrogens is 372 g/mol. The van der Waals surface area contributed by atoms with Crippen LogP contribution in [0.3, 0.4) is 0 Å². The van der Waals surface area contributed by atoms with Crippen LogP contribution in [-0.4, -0.2) is 59.9 Å². The molecule has 7 nitrogen and oxygen atoms in total. The van der Waals surface area contributed by atoms with Crippen LogP contribution in [0.1, 0.15) is 45.7 Å². The Morgan fingerprint density at radius 2 is 1.00 bits per heavy atom. The van der Waals surface area contributed by atoms with Gasteiger partial charge in [0, 0.05) is 11.4 Å². The molecule has 2 rings (SSSR count). The highest BCUT2D eigenvalue weighted by atomic mass is 16.5. The Kier molecular flexibility index (Phi) is 8.24. The van der Waals surface area contributed by atoms with Gasteiger partial charge in [0.05, 0.1) is 37.4 Å². The molecule has 0 bridgehead atoms. The summed E-state index contributed by atoms with van der Waals surface area (Å²) in [6, 6.07) is 13.2. The molecule has 7 heteroatoms. The highest BCUT2D eigenvalue weighted by Crippen LogP contribution is 2.07. The number of carboxylic acids is 2. The van der Waals surface area contributed by atoms with Gasteiger partial charge in [-0.05, 0) is 49.2 Å². The summed E-state index contributed by atoms with van der Waals surface area (Å²) in [6.45, 7) is 5.69. The smallest absolute Gasteiger partial charge is 0.335 e. The summed E-state index contributed by atoms with van der Waals surface area (Å²) < 4.78 is 5.54. The van der Waals surface area contributed by atoms with Gasteiger partial charge in [-0.15, -0.1) is 0 Å². The van der Waals surface area contributed by atoms with Crippen molar-refractivity contribution in [1.82, 2.24) is 0 Å². The van der Waals surface area contributed by atoms with Crippen molar-refractivity contribution in [1.29, 1.82) is 0 Å². The number of hydrogen-bond acceptors (Lipinski definition) is 5. The molecule has 0 aliphatic rings. The molecule has 0 unspecified atom stereocenters. The largest absolute Gasteiger partial charge is 0.478 e. The molecule has 0 aromatic heterocycles. The van der Waals surface area contributed by atoms with Crippen LogP contribution in [0.4, 0.5) is 0 Å². The van der Waals surface area contributed by atoms with Gasteiger partial charge >= 0.3 is 11.9 Å². The quantitative estimate of drug-likeness (QED) is 0.472. The van der Waals surface area contributed by atoms with Gasteiger partial charge in [-0.25, -0.2) is 9.59 Å². The predicted molar refractivity (Wildman–Crippen MR) is 112 cm³/mol. The van der Waals surface area contributed by atoms with Crippen LogP contribution >= 0.6 is 0 Å². The van der Waals surface area contributed by atoms with Crippen molar-refractivity contribution in [2.24, 2.45) is 9.98 Å². The van der Waals surface area contributed by atoms with E-state index in [0.29, 0.717) is 26.3 Å². The number of rotatable bonds is 10. The molecule has 0 aliphatic heterocycles. The summed E-state index contributed by atoms with van der Waals surface area (Å²) >= 11 is 0. The first kappa shape index (κ1) is 22.0. The molecule has 0 amide bonds. The molecule has 0 atom stereocenters. The molecule has 0 saturated carbocycles. The van der Waals surface area contributed by atoms with Crippen molar-refractivity contribution in [2.75, 3.05) is 26.3 Å². The van der Waals surface area contributed by atoms with E-state index in [2.05, 4.69) is 9.98 Å². The van der Waals surface area contributed by atoms with Crippen LogP contribution in [0.25, 0.3) is 0 Å². The monoisotopic (exact) mass is 396 g/mol. The molecule has 0 heterocycles. The second-order valence-electron chi connectivity index (χ2n) is 6.31. The number of carboxylic acid groups (broad SMARTS) is 2. The Labute approximate surface area is 169 Å². The highest BCUT2D eigenvalue weighted by molar-refractivity contribution is 6.00. The number of hydrogen-bond donors (Lipinski definition) is 2. The summed E-state index contributed by atoms with van der Waals surface area (Å²) in [5, 5.41) is 17.8. The van der Waals surface area contributed by atoms with E-state index in [9.17, 15) is 9.59 Å². The van der Waals surface area contributed by atoms with E-state index in [4.69, 9.17) is 14.9 Å². The minimum atomic E-state index is -0.949. The third-order valence-electron chi connectivity index (χ3n) is 4.27. The minimum absolute atomic E-state index is 0.249. The molecule has 29 heavy (non-hydrogen) atoms. The van der Waals surface area contributed by atoms with Crippen LogP contribution in [0.2, 0.25) is 0 Å². The maximum absolute atomic E-state index is 10.9. The topological polar surface area (TPSA) is 109 Å². The second-order valence-corrected chi connectivity index (χ2v) is 6.31. The second kappa shape index (κ2) is 10.9. The normalized spacial score (nSPS) is 12.1. The third-order valence-corrected chi connectivity index (χ3v) is 4.27. The maximum Gasteiger partial charge on any atom is 0.335 e. The summed E-state index contributed by atoms with van der Waals surface area (Å²) in [5.41, 5.74) is 3.90. The Morgan fingerprint density at radius 3 is 1.31 bits per heavy atom. The summed E-state index contributed by atoms with van der Waals surface area (Å²) in [7, 11) is 0. The zero-order chi connectivity index (χ0) is 21.2. The van der Waals surface area contributed by atoms with Gasteiger partial charge in [-0.2, -0.15) is 0 Å². The number of ether oxygens (including phenoxy) is 1. The number of nitrogens with zero attached hydrogens (tertiary/aromatic N) is 2. The highest BCUT2D eigenvalue weighted by Gasteiger charge is 2.04. The molecule has 2 aromatic rings. The van der Waals surface area contributed by atoms with E-state index >= 15 is 0 Å². The molecule has 0 radical (unpaired) electrons. The van der Waals surface area contributed by atoms with Crippen LogP contribution < -0.4 is 0 Å². The summed E-state index contributed by atoms with van der Waals surface area (Å²) in [4.78, 5) is 30.6. The van der Waals surface area contributed by atoms with Crippen LogP contribution in [-0.2, 0) is 4.74 Å². The molecule has 0 aliphatic carbocycles. The van der Waals surface area contributed by atoms with Gasteiger partial charge in [0.25, 0.3) is 0 Å². The molecule has 2 aromatic carbocycles. The van der Waals surface area contributed by atoms with Crippen molar-refractivity contribution >= 4 is 23.4 Å². The van der Waals surface area contributed by atoms with E-state index < -0.39 is 11.9 Å². The van der Waals surface area contributed by atoms with Crippen LogP contribution in [0.15, 0.2) is 58.5 Å². The molecule has 0 saturated heterocycles. The third kappa shape index (κ3) is 6.97. The van der Waals surface area contributed by atoms with Crippen molar-refractivity contribution in [3.8, 4) is 0 Å². The summed E-state index contributed by atoms with van der Waals surface area (Å²) in [6.07, 6.45) is 0. The molecule has 0 fully saturated rings. The molecule has 2 N–H and O–H groups in total. The van der Waals surface area contributed by atoms with E-state index in [1.165, 1.54) is 0 Å². The number of carbonyl (C=O) groups is 2. The van der Waals surface area contributed by atoms with E-state index in [1.54, 1.807) is 48.5 Å². The van der Waals surface area contributed by atoms with Gasteiger partial charge in [0.1, 0.15) is 0 Å². The molecule has 152 valence electrons. The van der Waals surface area contributed by atoms with E-state index in [0.717, 1.165) is 22.6 Å². The van der Waals surface area contributed by atoms with Crippen molar-refractivity contribution < 1.29 is 24.5 Å². The van der Waals surface area contributed by atoms with Gasteiger partial charge in [0.2, 0.25) is 0 Å². The lowest BCUT2D eigenvalue weighted by Crippen LogP contribution is -2.06. The fourth-order valence-corrected chi connectivity index (χ4v) is 2.55. The van der Waals surface area contributed by atoms with Gasteiger partial charge in [0.15, 0.2) is 0 Å². The SMILES string of the molecule is C/C(=N/CCOCC/N=C(/C)c1ccc(C(=O)O)cc1)c1ccc(C(=O)O)cc1. The standard InChI is InChI=1S/C22H24N2O5/c1-15(17-3-7-19(8-4-17)21(25)26)23-11-13-29-14-12-24-16(2)18-5-9-20(10-6-18)22(27)28/h3-10H,11-14H2,1-2H3,(H,25,26)(H,27,28)/b23-15-,24-16-. The van der Waals surface area contributed by atoms with Crippen LogP contribution in [0.5, 0.6) is 0 Å². The number of aliphatic imine (C=N–C) groups is 2. The lowest BCUT2D eigenvalue weighted by atomic mass is 10.1. The fraction of sp³-hybridized carbons (Fsp3) is 0.273. The van der Waals surface area contributed by atoms with Gasteiger partial charge < -0.3 is 14.9 Å². The average molecular weight is 396 g/mol. The Hall–Kier alpha value is -3.32. The minimum Gasteiger partial charge on any atom is -0.478 e.